The number of hydrogen-bond donors (Lipinski definition) is 1. The number of hydrogen-bond acceptors (Lipinski definition) is 3. The highest BCUT2D eigenvalue weighted by Crippen LogP contribution is 2.37. The first kappa shape index (κ1) is 15.9. The number of anilines is 1. The van der Waals surface area contributed by atoms with E-state index in [1.807, 2.05) is 6.07 Å². The summed E-state index contributed by atoms with van der Waals surface area (Å²) in [5, 5.41) is 18.6. The van der Waals surface area contributed by atoms with Crippen molar-refractivity contribution in [3.8, 4) is 6.07 Å². The van der Waals surface area contributed by atoms with Gasteiger partial charge < -0.3 is 10.0 Å². The zero-order valence-electron chi connectivity index (χ0n) is 11.2. The van der Waals surface area contributed by atoms with Gasteiger partial charge in [-0.05, 0) is 38.0 Å². The molecule has 3 atom stereocenters. The molecule has 1 aliphatic heterocycles. The quantitative estimate of drug-likeness (QED) is 0.908. The van der Waals surface area contributed by atoms with Crippen molar-refractivity contribution in [2.45, 2.75) is 44.1 Å². The molecule has 1 heterocycles. The first-order valence-electron chi connectivity index (χ1n) is 6.48. The van der Waals surface area contributed by atoms with E-state index >= 15 is 0 Å². The van der Waals surface area contributed by atoms with Crippen LogP contribution in [0.4, 0.5) is 18.9 Å². The fraction of sp³-hybridized carbons (Fsp3) is 0.500. The number of rotatable bonds is 2. The highest BCUT2D eigenvalue weighted by Gasteiger charge is 2.48. The van der Waals surface area contributed by atoms with Gasteiger partial charge in [0.05, 0.1) is 16.6 Å². The molecule has 1 N–H and O–H groups in total. The molecule has 21 heavy (non-hydrogen) atoms. The number of aliphatic hydroxyl groups excluding tert-OH is 1. The third-order valence-electron chi connectivity index (χ3n) is 3.78. The van der Waals surface area contributed by atoms with Crippen molar-refractivity contribution in [1.82, 2.24) is 0 Å². The van der Waals surface area contributed by atoms with Gasteiger partial charge in [-0.3, -0.25) is 0 Å². The Morgan fingerprint density at radius 1 is 1.43 bits per heavy atom. The summed E-state index contributed by atoms with van der Waals surface area (Å²) in [5.74, 6) is 0. The Labute approximate surface area is 125 Å². The molecule has 0 amide bonds. The van der Waals surface area contributed by atoms with Crippen LogP contribution in [0.5, 0.6) is 0 Å². The van der Waals surface area contributed by atoms with Crippen LogP contribution in [0.15, 0.2) is 18.2 Å². The summed E-state index contributed by atoms with van der Waals surface area (Å²) >= 11 is 5.94. The Morgan fingerprint density at radius 2 is 2.10 bits per heavy atom. The van der Waals surface area contributed by atoms with Gasteiger partial charge in [0.2, 0.25) is 0 Å². The molecule has 0 aliphatic carbocycles. The van der Waals surface area contributed by atoms with E-state index in [9.17, 15) is 18.3 Å². The number of aliphatic hydroxyl groups is 1. The highest BCUT2D eigenvalue weighted by molar-refractivity contribution is 6.32. The summed E-state index contributed by atoms with van der Waals surface area (Å²) in [6, 6.07) is 5.22. The molecule has 0 spiro atoms. The molecule has 2 rings (SSSR count). The number of halogens is 4. The van der Waals surface area contributed by atoms with Crippen LogP contribution in [-0.4, -0.2) is 29.5 Å². The van der Waals surface area contributed by atoms with E-state index in [1.54, 1.807) is 13.0 Å². The van der Waals surface area contributed by atoms with Crippen molar-refractivity contribution in [3.63, 3.8) is 0 Å². The molecule has 0 radical (unpaired) electrons. The van der Waals surface area contributed by atoms with E-state index in [0.29, 0.717) is 12.1 Å². The van der Waals surface area contributed by atoms with Crippen LogP contribution in [0.2, 0.25) is 5.02 Å². The third kappa shape index (κ3) is 3.09. The highest BCUT2D eigenvalue weighted by atomic mass is 35.5. The van der Waals surface area contributed by atoms with Crippen molar-refractivity contribution < 1.29 is 18.3 Å². The molecule has 1 aromatic rings. The number of benzene rings is 1. The van der Waals surface area contributed by atoms with Crippen LogP contribution in [0.1, 0.15) is 25.3 Å². The van der Waals surface area contributed by atoms with Gasteiger partial charge in [0.1, 0.15) is 6.07 Å². The minimum absolute atomic E-state index is 0.143. The molecule has 0 bridgehead atoms. The van der Waals surface area contributed by atoms with Crippen LogP contribution >= 0.6 is 11.6 Å². The fourth-order valence-electron chi connectivity index (χ4n) is 2.75. The SMILES string of the molecule is CC1CCC([C@@H](O)C(F)(F)F)N1c1ccc(C#N)c(Cl)c1. The smallest absolute Gasteiger partial charge is 0.382 e. The molecule has 2 unspecified atom stereocenters. The summed E-state index contributed by atoms with van der Waals surface area (Å²) in [6.45, 7) is 1.80. The minimum atomic E-state index is -4.66. The molecule has 0 saturated carbocycles. The van der Waals surface area contributed by atoms with E-state index in [0.717, 1.165) is 0 Å². The van der Waals surface area contributed by atoms with Gasteiger partial charge in [0.25, 0.3) is 0 Å². The van der Waals surface area contributed by atoms with Gasteiger partial charge in [-0.2, -0.15) is 18.4 Å². The number of alkyl halides is 3. The van der Waals surface area contributed by atoms with Gasteiger partial charge in [-0.15, -0.1) is 0 Å². The second-order valence-corrected chi connectivity index (χ2v) is 5.57. The zero-order chi connectivity index (χ0) is 15.8. The van der Waals surface area contributed by atoms with Crippen LogP contribution in [0.3, 0.4) is 0 Å². The van der Waals surface area contributed by atoms with Crippen molar-refractivity contribution in [2.75, 3.05) is 4.90 Å². The largest absolute Gasteiger partial charge is 0.416 e. The standard InChI is InChI=1S/C14H14ClF3N2O/c1-8-2-5-12(13(21)14(16,17)18)20(8)10-4-3-9(7-19)11(15)6-10/h3-4,6,8,12-13,21H,2,5H2,1H3/t8?,12?,13-/m1/s1. The van der Waals surface area contributed by atoms with Crippen molar-refractivity contribution in [2.24, 2.45) is 0 Å². The van der Waals surface area contributed by atoms with Crippen molar-refractivity contribution in [1.29, 1.82) is 5.26 Å². The van der Waals surface area contributed by atoms with E-state index in [2.05, 4.69) is 0 Å². The fourth-order valence-corrected chi connectivity index (χ4v) is 2.96. The molecule has 0 aromatic heterocycles. The van der Waals surface area contributed by atoms with Crippen molar-refractivity contribution in [3.05, 3.63) is 28.8 Å². The predicted molar refractivity (Wildman–Crippen MR) is 73.2 cm³/mol. The summed E-state index contributed by atoms with van der Waals surface area (Å²) in [6.07, 6.45) is -6.27. The van der Waals surface area contributed by atoms with Gasteiger partial charge in [0.15, 0.2) is 6.10 Å². The lowest BCUT2D eigenvalue weighted by Gasteiger charge is -2.34. The van der Waals surface area contributed by atoms with Crippen LogP contribution in [0.25, 0.3) is 0 Å². The molecule has 3 nitrogen and oxygen atoms in total. The summed E-state index contributed by atoms with van der Waals surface area (Å²) in [4.78, 5) is 1.53. The molecule has 7 heteroatoms. The Morgan fingerprint density at radius 3 is 2.62 bits per heavy atom. The summed E-state index contributed by atoms with van der Waals surface area (Å²) in [5.41, 5.74) is 0.748. The molecular formula is C14H14ClF3N2O. The predicted octanol–water partition coefficient (Wildman–Crippen LogP) is 3.49. The van der Waals surface area contributed by atoms with Gasteiger partial charge in [-0.25, -0.2) is 0 Å². The lowest BCUT2D eigenvalue weighted by atomic mass is 10.1. The average molecular weight is 319 g/mol. The monoisotopic (exact) mass is 318 g/mol. The number of nitrogens with zero attached hydrogens (tertiary/aromatic N) is 2. The van der Waals surface area contributed by atoms with Gasteiger partial charge in [0, 0.05) is 11.7 Å². The summed E-state index contributed by atoms with van der Waals surface area (Å²) < 4.78 is 38.3. The van der Waals surface area contributed by atoms with Gasteiger partial charge >= 0.3 is 6.18 Å². The second-order valence-electron chi connectivity index (χ2n) is 5.16. The molecule has 114 valence electrons. The van der Waals surface area contributed by atoms with Crippen LogP contribution in [-0.2, 0) is 0 Å². The van der Waals surface area contributed by atoms with Crippen LogP contribution < -0.4 is 4.90 Å². The van der Waals surface area contributed by atoms with E-state index in [4.69, 9.17) is 16.9 Å². The van der Waals surface area contributed by atoms with E-state index in [1.165, 1.54) is 17.0 Å². The molecule has 1 aromatic carbocycles. The Kier molecular flexibility index (Phi) is 4.35. The lowest BCUT2D eigenvalue weighted by molar-refractivity contribution is -0.209. The lowest BCUT2D eigenvalue weighted by Crippen LogP contribution is -2.48. The van der Waals surface area contributed by atoms with Gasteiger partial charge in [-0.1, -0.05) is 11.6 Å². The Hall–Kier alpha value is -1.45. The van der Waals surface area contributed by atoms with E-state index < -0.39 is 18.3 Å². The maximum atomic E-state index is 12.8. The first-order valence-corrected chi connectivity index (χ1v) is 6.86. The minimum Gasteiger partial charge on any atom is -0.382 e. The van der Waals surface area contributed by atoms with Crippen molar-refractivity contribution >= 4 is 17.3 Å². The van der Waals surface area contributed by atoms with E-state index in [-0.39, 0.29) is 23.0 Å². The molecule has 1 saturated heterocycles. The number of nitriles is 1. The molecule has 1 fully saturated rings. The molecule has 1 aliphatic rings. The maximum absolute atomic E-state index is 12.8. The topological polar surface area (TPSA) is 47.3 Å². The normalized spacial score (nSPS) is 24.0. The maximum Gasteiger partial charge on any atom is 0.416 e. The summed E-state index contributed by atoms with van der Waals surface area (Å²) in [7, 11) is 0. The third-order valence-corrected chi connectivity index (χ3v) is 4.10. The molecular weight excluding hydrogens is 305 g/mol. The first-order chi connectivity index (χ1) is 9.75. The second kappa shape index (κ2) is 5.74. The average Bonchev–Trinajstić information content (AvgIpc) is 2.78. The zero-order valence-corrected chi connectivity index (χ0v) is 12.0. The Bertz CT molecular complexity index is 570. The Balaban J connectivity index is 2.35. The van der Waals surface area contributed by atoms with Crippen LogP contribution in [0, 0.1) is 11.3 Å².